The number of aromatic nitrogens is 3. The van der Waals surface area contributed by atoms with Crippen LogP contribution >= 0.6 is 0 Å². The van der Waals surface area contributed by atoms with Crippen molar-refractivity contribution in [2.24, 2.45) is 11.7 Å². The predicted octanol–water partition coefficient (Wildman–Crippen LogP) is 7.00. The van der Waals surface area contributed by atoms with Crippen molar-refractivity contribution < 1.29 is 29.0 Å². The molecule has 3 aromatic carbocycles. The van der Waals surface area contributed by atoms with Gasteiger partial charge in [-0.25, -0.2) is 9.59 Å². The van der Waals surface area contributed by atoms with Crippen LogP contribution < -0.4 is 5.73 Å². The minimum absolute atomic E-state index is 0.0208. The lowest BCUT2D eigenvalue weighted by atomic mass is 9.77. The molecule has 1 atom stereocenters. The lowest BCUT2D eigenvalue weighted by Crippen LogP contribution is -2.38. The molecule has 0 saturated carbocycles. The average Bonchev–Trinajstić information content (AvgIpc) is 3.72. The van der Waals surface area contributed by atoms with Gasteiger partial charge in [0.05, 0.1) is 23.6 Å². The highest BCUT2D eigenvalue weighted by molar-refractivity contribution is 6.05. The highest BCUT2D eigenvalue weighted by atomic mass is 16.6. The van der Waals surface area contributed by atoms with Crippen LogP contribution in [-0.4, -0.2) is 56.0 Å². The SMILES string of the molecule is CC(C)[C@H](N)C(=O)O.CCOC(=O)c1c(C(=O)OC(C)(C)C)[nH]c2c1CCc1nn(C(c3ccccc3)(c3ccccc3)c3ccccc3)cc1-2. The number of rotatable bonds is 9. The van der Waals surface area contributed by atoms with E-state index in [-0.39, 0.29) is 23.8 Å². The Morgan fingerprint density at radius 1 is 0.863 bits per heavy atom. The van der Waals surface area contributed by atoms with Gasteiger partial charge >= 0.3 is 17.9 Å². The lowest BCUT2D eigenvalue weighted by Gasteiger charge is -2.36. The number of carbonyl (C=O) groups is 3. The van der Waals surface area contributed by atoms with Crippen molar-refractivity contribution in [3.8, 4) is 11.3 Å². The van der Waals surface area contributed by atoms with Crippen molar-refractivity contribution in [3.05, 3.63) is 136 Å². The largest absolute Gasteiger partial charge is 0.480 e. The summed E-state index contributed by atoms with van der Waals surface area (Å²) in [6.07, 6.45) is 3.16. The molecule has 0 saturated heterocycles. The summed E-state index contributed by atoms with van der Waals surface area (Å²) in [5.41, 5.74) is 10.3. The van der Waals surface area contributed by atoms with Crippen LogP contribution in [0.25, 0.3) is 11.3 Å². The molecule has 0 fully saturated rings. The van der Waals surface area contributed by atoms with E-state index < -0.39 is 35.1 Å². The first-order valence-corrected chi connectivity index (χ1v) is 17.2. The van der Waals surface area contributed by atoms with E-state index in [4.69, 9.17) is 25.4 Å². The van der Waals surface area contributed by atoms with Gasteiger partial charge in [0.15, 0.2) is 0 Å². The van der Waals surface area contributed by atoms with Crippen molar-refractivity contribution in [3.63, 3.8) is 0 Å². The van der Waals surface area contributed by atoms with Crippen LogP contribution in [0.1, 0.15) is 90.3 Å². The van der Waals surface area contributed by atoms with Gasteiger partial charge in [0.25, 0.3) is 0 Å². The lowest BCUT2D eigenvalue weighted by molar-refractivity contribution is -0.139. The Labute approximate surface area is 298 Å². The molecule has 0 bridgehead atoms. The van der Waals surface area contributed by atoms with E-state index in [0.29, 0.717) is 18.5 Å². The first-order valence-electron chi connectivity index (χ1n) is 17.2. The molecule has 0 unspecified atom stereocenters. The fourth-order valence-electron chi connectivity index (χ4n) is 6.37. The Kier molecular flexibility index (Phi) is 11.0. The number of fused-ring (bicyclic) bond motifs is 3. The summed E-state index contributed by atoms with van der Waals surface area (Å²) >= 11 is 0. The van der Waals surface area contributed by atoms with E-state index in [1.54, 1.807) is 41.5 Å². The van der Waals surface area contributed by atoms with Gasteiger partial charge in [-0.2, -0.15) is 5.10 Å². The third kappa shape index (κ3) is 7.51. The molecule has 2 heterocycles. The smallest absolute Gasteiger partial charge is 0.356 e. The summed E-state index contributed by atoms with van der Waals surface area (Å²) in [4.78, 5) is 39.9. The molecule has 0 amide bonds. The van der Waals surface area contributed by atoms with E-state index in [2.05, 4.69) is 41.4 Å². The van der Waals surface area contributed by atoms with Crippen LogP contribution in [0.2, 0.25) is 0 Å². The van der Waals surface area contributed by atoms with E-state index >= 15 is 0 Å². The average molecular weight is 691 g/mol. The van der Waals surface area contributed by atoms with Gasteiger partial charge < -0.3 is 25.3 Å². The molecule has 0 radical (unpaired) electrons. The van der Waals surface area contributed by atoms with E-state index in [1.807, 2.05) is 65.5 Å². The second kappa shape index (κ2) is 15.2. The van der Waals surface area contributed by atoms with E-state index in [1.165, 1.54) is 0 Å². The highest BCUT2D eigenvalue weighted by Gasteiger charge is 2.41. The number of nitrogens with zero attached hydrogens (tertiary/aromatic N) is 2. The number of aliphatic carboxylic acids is 1. The number of aryl methyl sites for hydroxylation is 1. The van der Waals surface area contributed by atoms with Gasteiger partial charge in [0, 0.05) is 11.8 Å². The summed E-state index contributed by atoms with van der Waals surface area (Å²) < 4.78 is 13.1. The highest BCUT2D eigenvalue weighted by Crippen LogP contribution is 2.44. The fourth-order valence-corrected chi connectivity index (χ4v) is 6.37. The number of aromatic amines is 1. The van der Waals surface area contributed by atoms with Crippen molar-refractivity contribution >= 4 is 17.9 Å². The zero-order valence-electron chi connectivity index (χ0n) is 30.0. The molecule has 4 N–H and O–H groups in total. The molecule has 0 spiro atoms. The number of carboxylic acids is 1. The molecule has 2 aromatic heterocycles. The van der Waals surface area contributed by atoms with Gasteiger partial charge in [-0.05, 0) is 68.7 Å². The Morgan fingerprint density at radius 2 is 1.37 bits per heavy atom. The maximum Gasteiger partial charge on any atom is 0.356 e. The number of carboxylic acid groups (broad SMARTS) is 1. The topological polar surface area (TPSA) is 150 Å². The number of hydrogen-bond acceptors (Lipinski definition) is 7. The second-order valence-electron chi connectivity index (χ2n) is 13.8. The van der Waals surface area contributed by atoms with Gasteiger partial charge in [-0.15, -0.1) is 0 Å². The Morgan fingerprint density at radius 3 is 1.78 bits per heavy atom. The molecular formula is C41H46N4O6. The van der Waals surface area contributed by atoms with E-state index in [0.717, 1.165) is 33.5 Å². The Hall–Kier alpha value is -5.48. The van der Waals surface area contributed by atoms with Crippen LogP contribution in [0.15, 0.2) is 97.2 Å². The molecule has 5 aromatic rings. The molecule has 1 aliphatic rings. The minimum atomic E-state index is -0.931. The number of carbonyl (C=O) groups excluding carboxylic acids is 2. The summed E-state index contributed by atoms with van der Waals surface area (Å²) in [7, 11) is 0. The number of benzene rings is 3. The minimum Gasteiger partial charge on any atom is -0.480 e. The maximum absolute atomic E-state index is 13.4. The number of nitrogens with one attached hydrogen (secondary N) is 1. The van der Waals surface area contributed by atoms with Crippen LogP contribution in [0.5, 0.6) is 0 Å². The monoisotopic (exact) mass is 690 g/mol. The van der Waals surface area contributed by atoms with Gasteiger partial charge in [0.1, 0.15) is 22.9 Å². The molecule has 0 aliphatic heterocycles. The van der Waals surface area contributed by atoms with Crippen LogP contribution in [0.4, 0.5) is 0 Å². The first kappa shape index (κ1) is 36.8. The number of nitrogens with two attached hydrogens (primary N) is 1. The zero-order chi connectivity index (χ0) is 36.9. The van der Waals surface area contributed by atoms with Crippen LogP contribution in [0.3, 0.4) is 0 Å². The molecule has 51 heavy (non-hydrogen) atoms. The zero-order valence-corrected chi connectivity index (χ0v) is 30.0. The fraction of sp³-hybridized carbons (Fsp3) is 0.317. The van der Waals surface area contributed by atoms with Gasteiger partial charge in [-0.1, -0.05) is 105 Å². The quantitative estimate of drug-likeness (QED) is 0.111. The summed E-state index contributed by atoms with van der Waals surface area (Å²) in [5.74, 6) is -2.04. The first-order chi connectivity index (χ1) is 24.3. The summed E-state index contributed by atoms with van der Waals surface area (Å²) in [6, 6.07) is 30.3. The third-order valence-electron chi connectivity index (χ3n) is 8.78. The number of ether oxygens (including phenoxy) is 2. The van der Waals surface area contributed by atoms with Gasteiger partial charge in [0.2, 0.25) is 0 Å². The number of H-pyrrole nitrogens is 1. The predicted molar refractivity (Wildman–Crippen MR) is 196 cm³/mol. The number of hydrogen-bond donors (Lipinski definition) is 3. The normalized spacial score (nSPS) is 12.9. The molecule has 6 rings (SSSR count). The van der Waals surface area contributed by atoms with Crippen molar-refractivity contribution in [2.45, 2.75) is 71.6 Å². The third-order valence-corrected chi connectivity index (χ3v) is 8.78. The summed E-state index contributed by atoms with van der Waals surface area (Å²) in [6.45, 7) is 10.9. The molecule has 10 heteroatoms. The molecule has 266 valence electrons. The Bertz CT molecular complexity index is 1880. The Balaban J connectivity index is 0.000000565. The van der Waals surface area contributed by atoms with Crippen molar-refractivity contribution in [1.29, 1.82) is 0 Å². The molecular weight excluding hydrogens is 644 g/mol. The van der Waals surface area contributed by atoms with E-state index in [9.17, 15) is 14.4 Å². The number of esters is 2. The standard InChI is InChI=1S/C36H35N3O4.C5H11NO2/c1-5-42-33(40)30-27-21-22-29-28(31(27)37-32(30)34(41)43-35(2,3)4)23-39(38-29)36(24-15-9-6-10-16-24,25-17-11-7-12-18-25)26-19-13-8-14-20-26;1-3(2)4(6)5(7)8/h6-20,23,37H,5,21-22H2,1-4H3;3-4H,6H2,1-2H3,(H,7,8)/t;4-/m.0/s1. The second-order valence-corrected chi connectivity index (χ2v) is 13.8. The van der Waals surface area contributed by atoms with Crippen LogP contribution in [-0.2, 0) is 32.6 Å². The molecule has 10 nitrogen and oxygen atoms in total. The summed E-state index contributed by atoms with van der Waals surface area (Å²) in [5, 5.41) is 13.5. The molecule has 1 aliphatic carbocycles. The van der Waals surface area contributed by atoms with Gasteiger partial charge in [-0.3, -0.25) is 9.48 Å². The van der Waals surface area contributed by atoms with Crippen LogP contribution in [0, 0.1) is 5.92 Å². The van der Waals surface area contributed by atoms with Crippen molar-refractivity contribution in [1.82, 2.24) is 14.8 Å². The maximum atomic E-state index is 13.4. The van der Waals surface area contributed by atoms with Crippen molar-refractivity contribution in [2.75, 3.05) is 6.61 Å².